The summed E-state index contributed by atoms with van der Waals surface area (Å²) in [6.45, 7) is 2.22. The van der Waals surface area contributed by atoms with Gasteiger partial charge >= 0.3 is 0 Å². The number of hydrogen-bond donors (Lipinski definition) is 2. The van der Waals surface area contributed by atoms with Crippen LogP contribution in [0.1, 0.15) is 10.7 Å². The van der Waals surface area contributed by atoms with Gasteiger partial charge in [0.2, 0.25) is 0 Å². The zero-order chi connectivity index (χ0) is 21.3. The highest BCUT2D eigenvalue weighted by Gasteiger charge is 2.15. The SMILES string of the molecule is COc1cc2c(Nc3cc(O)c(Cl)cc3F)ncnc2cc1OCc1csc(C)n1. The molecule has 0 aliphatic carbocycles. The van der Waals surface area contributed by atoms with E-state index < -0.39 is 5.82 Å². The van der Waals surface area contributed by atoms with Gasteiger partial charge in [0.25, 0.3) is 0 Å². The topological polar surface area (TPSA) is 89.4 Å². The second-order valence-electron chi connectivity index (χ2n) is 6.30. The van der Waals surface area contributed by atoms with E-state index in [0.717, 1.165) is 16.8 Å². The van der Waals surface area contributed by atoms with E-state index in [-0.39, 0.29) is 23.1 Å². The van der Waals surface area contributed by atoms with E-state index in [1.165, 1.54) is 19.5 Å². The van der Waals surface area contributed by atoms with Crippen LogP contribution in [0.3, 0.4) is 0 Å². The van der Waals surface area contributed by atoms with Crippen LogP contribution < -0.4 is 14.8 Å². The van der Waals surface area contributed by atoms with Crippen molar-refractivity contribution in [3.8, 4) is 17.2 Å². The van der Waals surface area contributed by atoms with E-state index in [0.29, 0.717) is 28.2 Å². The highest BCUT2D eigenvalue weighted by Crippen LogP contribution is 2.36. The summed E-state index contributed by atoms with van der Waals surface area (Å²) in [5.74, 6) is 0.419. The number of methoxy groups -OCH3 is 1. The average molecular weight is 447 g/mol. The molecule has 2 aromatic heterocycles. The molecule has 4 aromatic rings. The summed E-state index contributed by atoms with van der Waals surface area (Å²) >= 11 is 7.29. The fraction of sp³-hybridized carbons (Fsp3) is 0.150. The summed E-state index contributed by atoms with van der Waals surface area (Å²) in [6, 6.07) is 5.63. The first-order valence-electron chi connectivity index (χ1n) is 8.76. The van der Waals surface area contributed by atoms with E-state index in [2.05, 4.69) is 20.3 Å². The number of anilines is 2. The predicted molar refractivity (Wildman–Crippen MR) is 114 cm³/mol. The van der Waals surface area contributed by atoms with Gasteiger partial charge in [0.05, 0.1) is 34.0 Å². The molecule has 30 heavy (non-hydrogen) atoms. The molecular weight excluding hydrogens is 431 g/mol. The number of phenols is 1. The summed E-state index contributed by atoms with van der Waals surface area (Å²) in [5, 5.41) is 16.0. The Morgan fingerprint density at radius 2 is 2.03 bits per heavy atom. The third-order valence-corrected chi connectivity index (χ3v) is 5.38. The molecule has 7 nitrogen and oxygen atoms in total. The fourth-order valence-corrected chi connectivity index (χ4v) is 3.57. The van der Waals surface area contributed by atoms with Crippen LogP contribution in [0, 0.1) is 12.7 Å². The number of halogens is 2. The number of phenolic OH excluding ortho intramolecular Hbond substituents is 1. The van der Waals surface area contributed by atoms with E-state index >= 15 is 0 Å². The van der Waals surface area contributed by atoms with Crippen LogP contribution >= 0.6 is 22.9 Å². The van der Waals surface area contributed by atoms with Gasteiger partial charge in [-0.25, -0.2) is 19.3 Å². The molecule has 10 heteroatoms. The Kier molecular flexibility index (Phi) is 5.56. The molecule has 0 amide bonds. The molecule has 0 unspecified atom stereocenters. The quantitative estimate of drug-likeness (QED) is 0.419. The first-order valence-corrected chi connectivity index (χ1v) is 10.0. The van der Waals surface area contributed by atoms with E-state index in [1.54, 1.807) is 23.5 Å². The van der Waals surface area contributed by atoms with E-state index in [4.69, 9.17) is 21.1 Å². The van der Waals surface area contributed by atoms with Crippen molar-refractivity contribution in [1.29, 1.82) is 0 Å². The Morgan fingerprint density at radius 1 is 1.20 bits per heavy atom. The Hall–Kier alpha value is -3.17. The lowest BCUT2D eigenvalue weighted by Gasteiger charge is -2.14. The van der Waals surface area contributed by atoms with Gasteiger partial charge in [0.15, 0.2) is 11.5 Å². The van der Waals surface area contributed by atoms with Crippen LogP contribution in [0.2, 0.25) is 5.02 Å². The second kappa shape index (κ2) is 8.29. The van der Waals surface area contributed by atoms with Crippen molar-refractivity contribution in [2.24, 2.45) is 0 Å². The molecule has 0 bridgehead atoms. The van der Waals surface area contributed by atoms with Crippen molar-refractivity contribution in [2.45, 2.75) is 13.5 Å². The van der Waals surface area contributed by atoms with Gasteiger partial charge in [-0.3, -0.25) is 0 Å². The predicted octanol–water partition coefficient (Wildman–Crippen LogP) is 5.22. The number of nitrogens with one attached hydrogen (secondary N) is 1. The number of aryl methyl sites for hydroxylation is 1. The van der Waals surface area contributed by atoms with E-state index in [1.807, 2.05) is 12.3 Å². The normalized spacial score (nSPS) is 10.9. The molecule has 0 saturated carbocycles. The maximum atomic E-state index is 14.2. The number of ether oxygens (including phenoxy) is 2. The molecule has 0 saturated heterocycles. The monoisotopic (exact) mass is 446 g/mol. The fourth-order valence-electron chi connectivity index (χ4n) is 2.82. The third-order valence-electron chi connectivity index (χ3n) is 4.25. The molecule has 154 valence electrons. The van der Waals surface area contributed by atoms with Gasteiger partial charge in [-0.2, -0.15) is 0 Å². The van der Waals surface area contributed by atoms with Crippen LogP contribution in [0.25, 0.3) is 10.9 Å². The minimum Gasteiger partial charge on any atom is -0.506 e. The second-order valence-corrected chi connectivity index (χ2v) is 7.77. The Morgan fingerprint density at radius 3 is 2.77 bits per heavy atom. The number of fused-ring (bicyclic) bond motifs is 1. The van der Waals surface area contributed by atoms with Gasteiger partial charge in [0, 0.05) is 22.9 Å². The lowest BCUT2D eigenvalue weighted by atomic mass is 10.2. The standard InChI is InChI=1S/C20H16ClFN4O3S/c1-10-25-11(8-30-10)7-29-19-6-15-12(3-18(19)28-2)20(24-9-23-15)26-16-5-17(27)13(21)4-14(16)22/h3-6,8-9,27H,7H2,1-2H3,(H,23,24,26). The molecule has 0 radical (unpaired) electrons. The number of aromatic nitrogens is 3. The van der Waals surface area contributed by atoms with Crippen molar-refractivity contribution in [2.75, 3.05) is 12.4 Å². The minimum atomic E-state index is -0.630. The molecule has 2 aromatic carbocycles. The van der Waals surface area contributed by atoms with Crippen molar-refractivity contribution >= 4 is 45.3 Å². The summed E-state index contributed by atoms with van der Waals surface area (Å²) in [6.07, 6.45) is 1.35. The summed E-state index contributed by atoms with van der Waals surface area (Å²) in [7, 11) is 1.52. The third kappa shape index (κ3) is 4.07. The highest BCUT2D eigenvalue weighted by atomic mass is 35.5. The number of nitrogens with zero attached hydrogens (tertiary/aromatic N) is 3. The lowest BCUT2D eigenvalue weighted by molar-refractivity contribution is 0.282. The maximum absolute atomic E-state index is 14.2. The number of benzene rings is 2. The van der Waals surface area contributed by atoms with Gasteiger partial charge in [-0.05, 0) is 19.1 Å². The first-order chi connectivity index (χ1) is 14.4. The minimum absolute atomic E-state index is 0.0232. The van der Waals surface area contributed by atoms with Crippen LogP contribution in [-0.4, -0.2) is 27.2 Å². The first kappa shape index (κ1) is 20.1. The van der Waals surface area contributed by atoms with Crippen molar-refractivity contribution < 1.29 is 19.0 Å². The smallest absolute Gasteiger partial charge is 0.163 e. The highest BCUT2D eigenvalue weighted by molar-refractivity contribution is 7.09. The Balaban J connectivity index is 1.68. The molecule has 2 heterocycles. The zero-order valence-electron chi connectivity index (χ0n) is 15.9. The van der Waals surface area contributed by atoms with Crippen molar-refractivity contribution in [3.05, 3.63) is 57.5 Å². The van der Waals surface area contributed by atoms with Crippen molar-refractivity contribution in [3.63, 3.8) is 0 Å². The van der Waals surface area contributed by atoms with E-state index in [9.17, 15) is 9.50 Å². The van der Waals surface area contributed by atoms with Crippen LogP contribution in [0.5, 0.6) is 17.2 Å². The van der Waals surface area contributed by atoms with Gasteiger partial charge < -0.3 is 19.9 Å². The molecule has 2 N–H and O–H groups in total. The van der Waals surface area contributed by atoms with Crippen LogP contribution in [-0.2, 0) is 6.61 Å². The Bertz CT molecular complexity index is 1230. The molecular formula is C20H16ClFN4O3S. The molecule has 0 spiro atoms. The summed E-state index contributed by atoms with van der Waals surface area (Å²) in [4.78, 5) is 12.8. The van der Waals surface area contributed by atoms with Gasteiger partial charge in [-0.15, -0.1) is 11.3 Å². The van der Waals surface area contributed by atoms with Crippen LogP contribution in [0.15, 0.2) is 36.0 Å². The molecule has 0 aliphatic rings. The number of thiazole rings is 1. The number of hydrogen-bond acceptors (Lipinski definition) is 8. The number of rotatable bonds is 6. The molecule has 0 aliphatic heterocycles. The van der Waals surface area contributed by atoms with Crippen LogP contribution in [0.4, 0.5) is 15.9 Å². The molecule has 4 rings (SSSR count). The summed E-state index contributed by atoms with van der Waals surface area (Å²) < 4.78 is 25.6. The summed E-state index contributed by atoms with van der Waals surface area (Å²) in [5.41, 5.74) is 1.41. The number of aromatic hydroxyl groups is 1. The van der Waals surface area contributed by atoms with Gasteiger partial charge in [0.1, 0.15) is 30.3 Å². The maximum Gasteiger partial charge on any atom is 0.163 e. The van der Waals surface area contributed by atoms with Crippen molar-refractivity contribution in [1.82, 2.24) is 15.0 Å². The van der Waals surface area contributed by atoms with Gasteiger partial charge in [-0.1, -0.05) is 11.6 Å². The lowest BCUT2D eigenvalue weighted by Crippen LogP contribution is -2.01. The average Bonchev–Trinajstić information content (AvgIpc) is 3.15. The largest absolute Gasteiger partial charge is 0.506 e. The zero-order valence-corrected chi connectivity index (χ0v) is 17.5. The molecule has 0 fully saturated rings. The molecule has 0 atom stereocenters. The Labute approximate surface area is 180 Å².